The van der Waals surface area contributed by atoms with E-state index in [-0.39, 0.29) is 16.6 Å². The Morgan fingerprint density at radius 2 is 1.68 bits per heavy atom. The zero-order valence-corrected chi connectivity index (χ0v) is 14.6. The molecule has 0 aliphatic carbocycles. The van der Waals surface area contributed by atoms with Crippen LogP contribution in [0.4, 0.5) is 0 Å². The molecule has 0 radical (unpaired) electrons. The molecule has 3 nitrogen and oxygen atoms in total. The van der Waals surface area contributed by atoms with Crippen molar-refractivity contribution in [2.75, 3.05) is 6.61 Å². The molecule has 0 spiro atoms. The summed E-state index contributed by atoms with van der Waals surface area (Å²) in [6.07, 6.45) is 1.77. The van der Waals surface area contributed by atoms with Crippen LogP contribution in [0.15, 0.2) is 59.4 Å². The van der Waals surface area contributed by atoms with Crippen molar-refractivity contribution in [3.05, 3.63) is 70.4 Å². The number of benzene rings is 2. The Bertz CT molecular complexity index is 1010. The van der Waals surface area contributed by atoms with Crippen molar-refractivity contribution in [2.45, 2.75) is 23.8 Å². The summed E-state index contributed by atoms with van der Waals surface area (Å²) >= 11 is 1.61. The maximum absolute atomic E-state index is 12.9. The summed E-state index contributed by atoms with van der Waals surface area (Å²) in [4.78, 5) is 24.8. The zero-order valence-electron chi connectivity index (χ0n) is 13.7. The van der Waals surface area contributed by atoms with E-state index in [2.05, 4.69) is 6.07 Å². The summed E-state index contributed by atoms with van der Waals surface area (Å²) in [5, 5.41) is 3.24. The molecule has 0 aromatic heterocycles. The number of hydrogen-bond donors (Lipinski definition) is 0. The Morgan fingerprint density at radius 1 is 0.960 bits per heavy atom. The number of hydrogen-bond acceptors (Lipinski definition) is 4. The van der Waals surface area contributed by atoms with Crippen LogP contribution in [-0.2, 0) is 15.3 Å². The van der Waals surface area contributed by atoms with Gasteiger partial charge < -0.3 is 4.74 Å². The molecular formula is C21H18O3S. The maximum atomic E-state index is 12.9. The van der Waals surface area contributed by atoms with Crippen molar-refractivity contribution in [3.8, 4) is 0 Å². The van der Waals surface area contributed by atoms with Gasteiger partial charge in [0.05, 0.1) is 6.61 Å². The standard InChI is InChI=1S/C21H18O3S/c22-20-17-8-2-1-6-14(17)12-15(16-7-3-4-9-18(16)20)13-25-19-10-5-11-24-21(19)23/h1-4,6-9,12,19H,5,10-11,13H2. The molecule has 0 saturated carbocycles. The van der Waals surface area contributed by atoms with Crippen LogP contribution in [0.1, 0.15) is 18.4 Å². The van der Waals surface area contributed by atoms with Crippen LogP contribution in [0.2, 0.25) is 0 Å². The molecule has 4 rings (SSSR count). The largest absolute Gasteiger partial charge is 0.465 e. The van der Waals surface area contributed by atoms with Crippen LogP contribution in [0.5, 0.6) is 0 Å². The van der Waals surface area contributed by atoms with E-state index in [1.807, 2.05) is 48.5 Å². The fourth-order valence-corrected chi connectivity index (χ4v) is 4.47. The molecule has 1 unspecified atom stereocenters. The first-order chi connectivity index (χ1) is 12.2. The van der Waals surface area contributed by atoms with Crippen molar-refractivity contribution < 1.29 is 9.53 Å². The van der Waals surface area contributed by atoms with Crippen LogP contribution >= 0.6 is 11.8 Å². The molecule has 4 heteroatoms. The van der Waals surface area contributed by atoms with Gasteiger partial charge in [-0.2, -0.15) is 0 Å². The predicted molar refractivity (Wildman–Crippen MR) is 103 cm³/mol. The minimum atomic E-state index is -0.116. The summed E-state index contributed by atoms with van der Waals surface area (Å²) in [7, 11) is 0. The average Bonchev–Trinajstić information content (AvgIpc) is 2.77. The lowest BCUT2D eigenvalue weighted by atomic mass is 10.1. The molecule has 25 heavy (non-hydrogen) atoms. The first-order valence-corrected chi connectivity index (χ1v) is 9.51. The van der Waals surface area contributed by atoms with E-state index in [4.69, 9.17) is 4.74 Å². The minimum absolute atomic E-state index is 0.0551. The van der Waals surface area contributed by atoms with Crippen molar-refractivity contribution in [3.63, 3.8) is 0 Å². The highest BCUT2D eigenvalue weighted by Gasteiger charge is 2.24. The van der Waals surface area contributed by atoms with Crippen LogP contribution < -0.4 is 5.43 Å². The molecule has 0 amide bonds. The maximum Gasteiger partial charge on any atom is 0.319 e. The van der Waals surface area contributed by atoms with E-state index in [9.17, 15) is 9.59 Å². The normalized spacial score (nSPS) is 17.6. The van der Waals surface area contributed by atoms with Crippen molar-refractivity contribution >= 4 is 39.3 Å². The molecule has 1 fully saturated rings. The van der Waals surface area contributed by atoms with E-state index in [0.717, 1.165) is 39.9 Å². The number of cyclic esters (lactones) is 1. The van der Waals surface area contributed by atoms with E-state index < -0.39 is 0 Å². The van der Waals surface area contributed by atoms with E-state index in [1.165, 1.54) is 0 Å². The Morgan fingerprint density at radius 3 is 2.48 bits per heavy atom. The highest BCUT2D eigenvalue weighted by Crippen LogP contribution is 2.29. The molecule has 1 atom stereocenters. The van der Waals surface area contributed by atoms with Gasteiger partial charge >= 0.3 is 5.97 Å². The third-order valence-electron chi connectivity index (χ3n) is 4.61. The SMILES string of the molecule is O=C1OCCCC1SCc1cc2ccccc2c(=O)c2ccccc12. The second kappa shape index (κ2) is 6.89. The fourth-order valence-electron chi connectivity index (χ4n) is 3.31. The number of rotatable bonds is 3. The fraction of sp³-hybridized carbons (Fsp3) is 0.238. The monoisotopic (exact) mass is 350 g/mol. The number of carbonyl (C=O) groups is 1. The molecule has 0 bridgehead atoms. The molecule has 0 N–H and O–H groups in total. The topological polar surface area (TPSA) is 43.4 Å². The first-order valence-electron chi connectivity index (χ1n) is 8.46. The van der Waals surface area contributed by atoms with Crippen LogP contribution in [-0.4, -0.2) is 17.8 Å². The minimum Gasteiger partial charge on any atom is -0.465 e. The van der Waals surface area contributed by atoms with Gasteiger partial charge in [0.2, 0.25) is 0 Å². The molecule has 1 aliphatic heterocycles. The summed E-state index contributed by atoms with van der Waals surface area (Å²) in [6, 6.07) is 17.5. The summed E-state index contributed by atoms with van der Waals surface area (Å²) in [5.74, 6) is 0.563. The van der Waals surface area contributed by atoms with Gasteiger partial charge in [-0.3, -0.25) is 9.59 Å². The number of thioether (sulfide) groups is 1. The zero-order chi connectivity index (χ0) is 17.2. The third-order valence-corrected chi connectivity index (χ3v) is 5.92. The summed E-state index contributed by atoms with van der Waals surface area (Å²) < 4.78 is 5.16. The average molecular weight is 350 g/mol. The van der Waals surface area contributed by atoms with E-state index in [1.54, 1.807) is 11.8 Å². The summed E-state index contributed by atoms with van der Waals surface area (Å²) in [5.41, 5.74) is 1.14. The van der Waals surface area contributed by atoms with Crippen LogP contribution in [0, 0.1) is 0 Å². The van der Waals surface area contributed by atoms with Gasteiger partial charge in [0.1, 0.15) is 5.25 Å². The molecule has 3 aromatic rings. The van der Waals surface area contributed by atoms with Gasteiger partial charge in [-0.1, -0.05) is 48.5 Å². The highest BCUT2D eigenvalue weighted by atomic mass is 32.2. The van der Waals surface area contributed by atoms with Crippen molar-refractivity contribution in [1.29, 1.82) is 0 Å². The number of fused-ring (bicyclic) bond motifs is 2. The second-order valence-corrected chi connectivity index (χ2v) is 7.43. The Labute approximate surface area is 150 Å². The van der Waals surface area contributed by atoms with Crippen molar-refractivity contribution in [1.82, 2.24) is 0 Å². The van der Waals surface area contributed by atoms with Gasteiger partial charge in [0.15, 0.2) is 5.43 Å². The molecule has 126 valence electrons. The Balaban J connectivity index is 1.83. The van der Waals surface area contributed by atoms with E-state index >= 15 is 0 Å². The lowest BCUT2D eigenvalue weighted by molar-refractivity contribution is -0.145. The van der Waals surface area contributed by atoms with Gasteiger partial charge in [-0.15, -0.1) is 11.8 Å². The lowest BCUT2D eigenvalue weighted by Gasteiger charge is -2.20. The number of carbonyl (C=O) groups excluding carboxylic acids is 1. The highest BCUT2D eigenvalue weighted by molar-refractivity contribution is 7.99. The first kappa shape index (κ1) is 16.2. The smallest absolute Gasteiger partial charge is 0.319 e. The van der Waals surface area contributed by atoms with Gasteiger partial charge in [-0.05, 0) is 35.2 Å². The molecule has 3 aromatic carbocycles. The molecule has 1 heterocycles. The van der Waals surface area contributed by atoms with E-state index in [0.29, 0.717) is 12.4 Å². The second-order valence-electron chi connectivity index (χ2n) is 6.24. The number of esters is 1. The van der Waals surface area contributed by atoms with Crippen LogP contribution in [0.25, 0.3) is 21.5 Å². The van der Waals surface area contributed by atoms with Crippen LogP contribution in [0.3, 0.4) is 0 Å². The molecular weight excluding hydrogens is 332 g/mol. The van der Waals surface area contributed by atoms with Gasteiger partial charge in [-0.25, -0.2) is 0 Å². The number of ether oxygens (including phenoxy) is 1. The summed E-state index contributed by atoms with van der Waals surface area (Å²) in [6.45, 7) is 0.531. The Kier molecular flexibility index (Phi) is 4.45. The third kappa shape index (κ3) is 3.14. The van der Waals surface area contributed by atoms with Gasteiger partial charge in [0, 0.05) is 16.5 Å². The molecule has 1 saturated heterocycles. The van der Waals surface area contributed by atoms with Crippen molar-refractivity contribution in [2.24, 2.45) is 0 Å². The quantitative estimate of drug-likeness (QED) is 0.661. The predicted octanol–water partition coefficient (Wildman–Crippen LogP) is 4.29. The lowest BCUT2D eigenvalue weighted by Crippen LogP contribution is -2.26. The van der Waals surface area contributed by atoms with Gasteiger partial charge in [0.25, 0.3) is 0 Å². The Hall–Kier alpha value is -2.33. The molecule has 1 aliphatic rings.